The van der Waals surface area contributed by atoms with Crippen molar-refractivity contribution in [1.82, 2.24) is 4.90 Å². The lowest BCUT2D eigenvalue weighted by Gasteiger charge is -2.20. The van der Waals surface area contributed by atoms with Crippen LogP contribution >= 0.6 is 0 Å². The fourth-order valence-electron chi connectivity index (χ4n) is 1.68. The lowest BCUT2D eigenvalue weighted by atomic mass is 10.2. The first kappa shape index (κ1) is 14.6. The highest BCUT2D eigenvalue weighted by atomic mass is 16.3. The number of hydrogen-bond acceptors (Lipinski definition) is 2. The number of carbonyl (C=O) groups is 1. The molecule has 18 heavy (non-hydrogen) atoms. The minimum Gasteiger partial charge on any atom is -0.465 e. The zero-order chi connectivity index (χ0) is 13.2. The van der Waals surface area contributed by atoms with Crippen molar-refractivity contribution in [3.63, 3.8) is 0 Å². The molecule has 0 bridgehead atoms. The maximum atomic E-state index is 12.0. The molecule has 0 fully saturated rings. The molecule has 0 aromatic carbocycles. The van der Waals surface area contributed by atoms with Crippen molar-refractivity contribution in [3.05, 3.63) is 30.2 Å². The van der Waals surface area contributed by atoms with Gasteiger partial charge in [0.15, 0.2) is 0 Å². The third-order valence-electron chi connectivity index (χ3n) is 2.81. The van der Waals surface area contributed by atoms with Gasteiger partial charge >= 0.3 is 0 Å². The minimum absolute atomic E-state index is 0.0771. The second-order valence-electron chi connectivity index (χ2n) is 4.38. The Morgan fingerprint density at radius 3 is 2.44 bits per heavy atom. The Bertz CT molecular complexity index is 347. The summed E-state index contributed by atoms with van der Waals surface area (Å²) in [5.74, 6) is 0.794. The van der Waals surface area contributed by atoms with Gasteiger partial charge in [-0.2, -0.15) is 0 Å². The zero-order valence-corrected chi connectivity index (χ0v) is 11.4. The lowest BCUT2D eigenvalue weighted by molar-refractivity contribution is -0.126. The van der Waals surface area contributed by atoms with Crippen LogP contribution in [0.2, 0.25) is 0 Å². The molecule has 1 aromatic heterocycles. The maximum Gasteiger partial charge on any atom is 0.246 e. The van der Waals surface area contributed by atoms with Gasteiger partial charge in [-0.3, -0.25) is 4.79 Å². The molecule has 0 saturated heterocycles. The van der Waals surface area contributed by atoms with Crippen LogP contribution in [0.3, 0.4) is 0 Å². The van der Waals surface area contributed by atoms with Gasteiger partial charge in [-0.15, -0.1) is 0 Å². The number of rotatable bonds is 8. The Kier molecular flexibility index (Phi) is 6.92. The minimum atomic E-state index is 0.0771. The number of unbranched alkanes of at least 4 members (excludes halogenated alkanes) is 2. The number of carbonyl (C=O) groups excluding carboxylic acids is 1. The zero-order valence-electron chi connectivity index (χ0n) is 11.4. The number of furan rings is 1. The van der Waals surface area contributed by atoms with Gasteiger partial charge in [0.25, 0.3) is 0 Å². The molecule has 0 aliphatic heterocycles. The summed E-state index contributed by atoms with van der Waals surface area (Å²) in [5, 5.41) is 0. The van der Waals surface area contributed by atoms with E-state index in [-0.39, 0.29) is 5.91 Å². The summed E-state index contributed by atoms with van der Waals surface area (Å²) >= 11 is 0. The molecule has 0 radical (unpaired) electrons. The van der Waals surface area contributed by atoms with Gasteiger partial charge in [0.1, 0.15) is 5.76 Å². The Morgan fingerprint density at radius 2 is 1.94 bits per heavy atom. The van der Waals surface area contributed by atoms with E-state index in [4.69, 9.17) is 4.42 Å². The predicted molar refractivity (Wildman–Crippen MR) is 74.1 cm³/mol. The second-order valence-corrected chi connectivity index (χ2v) is 4.38. The molecule has 0 spiro atoms. The van der Waals surface area contributed by atoms with Crippen LogP contribution in [0, 0.1) is 0 Å². The topological polar surface area (TPSA) is 33.5 Å². The molecule has 0 atom stereocenters. The highest BCUT2D eigenvalue weighted by Crippen LogP contribution is 2.05. The van der Waals surface area contributed by atoms with E-state index in [1.807, 2.05) is 17.0 Å². The van der Waals surface area contributed by atoms with E-state index in [9.17, 15) is 4.79 Å². The molecule has 3 heteroatoms. The van der Waals surface area contributed by atoms with Gasteiger partial charge in [0, 0.05) is 19.2 Å². The van der Waals surface area contributed by atoms with Crippen LogP contribution in [0.25, 0.3) is 6.08 Å². The van der Waals surface area contributed by atoms with Gasteiger partial charge in [-0.25, -0.2) is 0 Å². The van der Waals surface area contributed by atoms with E-state index in [0.29, 0.717) is 5.76 Å². The van der Waals surface area contributed by atoms with Gasteiger partial charge < -0.3 is 9.32 Å². The fourth-order valence-corrected chi connectivity index (χ4v) is 1.68. The fraction of sp³-hybridized carbons (Fsp3) is 0.533. The van der Waals surface area contributed by atoms with Crippen molar-refractivity contribution in [3.8, 4) is 0 Å². The summed E-state index contributed by atoms with van der Waals surface area (Å²) in [7, 11) is 0. The summed E-state index contributed by atoms with van der Waals surface area (Å²) in [6.07, 6.45) is 9.27. The molecule has 100 valence electrons. The van der Waals surface area contributed by atoms with E-state index in [0.717, 1.165) is 38.8 Å². The summed E-state index contributed by atoms with van der Waals surface area (Å²) < 4.78 is 5.17. The maximum absolute atomic E-state index is 12.0. The van der Waals surface area contributed by atoms with Gasteiger partial charge in [0.05, 0.1) is 6.26 Å². The van der Waals surface area contributed by atoms with E-state index in [1.165, 1.54) is 0 Å². The van der Waals surface area contributed by atoms with E-state index < -0.39 is 0 Å². The molecule has 0 aliphatic carbocycles. The SMILES string of the molecule is CCCCN(CCCC)C(=O)C=Cc1ccco1. The van der Waals surface area contributed by atoms with Crippen molar-refractivity contribution in [2.24, 2.45) is 0 Å². The van der Waals surface area contributed by atoms with E-state index in [2.05, 4.69) is 13.8 Å². The average Bonchev–Trinajstić information content (AvgIpc) is 2.89. The number of nitrogens with zero attached hydrogens (tertiary/aromatic N) is 1. The largest absolute Gasteiger partial charge is 0.465 e. The first-order chi connectivity index (χ1) is 8.77. The van der Waals surface area contributed by atoms with Crippen molar-refractivity contribution < 1.29 is 9.21 Å². The normalized spacial score (nSPS) is 11.0. The Hall–Kier alpha value is -1.51. The lowest BCUT2D eigenvalue weighted by Crippen LogP contribution is -2.31. The first-order valence-corrected chi connectivity index (χ1v) is 6.78. The quantitative estimate of drug-likeness (QED) is 0.658. The summed E-state index contributed by atoms with van der Waals surface area (Å²) in [5.41, 5.74) is 0. The highest BCUT2D eigenvalue weighted by molar-refractivity contribution is 5.91. The molecule has 1 heterocycles. The Morgan fingerprint density at radius 1 is 1.28 bits per heavy atom. The molecule has 0 saturated carbocycles. The highest BCUT2D eigenvalue weighted by Gasteiger charge is 2.09. The molecule has 1 amide bonds. The van der Waals surface area contributed by atoms with Gasteiger partial charge in [-0.05, 0) is 31.1 Å². The molecule has 3 nitrogen and oxygen atoms in total. The first-order valence-electron chi connectivity index (χ1n) is 6.78. The van der Waals surface area contributed by atoms with Gasteiger partial charge in [0.2, 0.25) is 5.91 Å². The molecule has 1 aromatic rings. The van der Waals surface area contributed by atoms with Crippen LogP contribution in [0.15, 0.2) is 28.9 Å². The number of amides is 1. The summed E-state index contributed by atoms with van der Waals surface area (Å²) in [6.45, 7) is 5.97. The van der Waals surface area contributed by atoms with E-state index in [1.54, 1.807) is 18.4 Å². The van der Waals surface area contributed by atoms with Crippen LogP contribution in [0.4, 0.5) is 0 Å². The van der Waals surface area contributed by atoms with Crippen LogP contribution in [-0.4, -0.2) is 23.9 Å². The Balaban J connectivity index is 2.51. The Labute approximate surface area is 109 Å². The molecular formula is C15H23NO2. The van der Waals surface area contributed by atoms with Crippen molar-refractivity contribution in [2.75, 3.05) is 13.1 Å². The van der Waals surface area contributed by atoms with Crippen molar-refractivity contribution in [2.45, 2.75) is 39.5 Å². The van der Waals surface area contributed by atoms with Crippen molar-refractivity contribution in [1.29, 1.82) is 0 Å². The van der Waals surface area contributed by atoms with Crippen LogP contribution in [-0.2, 0) is 4.79 Å². The molecule has 0 unspecified atom stereocenters. The smallest absolute Gasteiger partial charge is 0.246 e. The monoisotopic (exact) mass is 249 g/mol. The van der Waals surface area contributed by atoms with E-state index >= 15 is 0 Å². The van der Waals surface area contributed by atoms with Crippen LogP contribution in [0.1, 0.15) is 45.3 Å². The van der Waals surface area contributed by atoms with Crippen molar-refractivity contribution >= 4 is 12.0 Å². The van der Waals surface area contributed by atoms with Gasteiger partial charge in [-0.1, -0.05) is 26.7 Å². The average molecular weight is 249 g/mol. The standard InChI is InChI=1S/C15H23NO2/c1-3-5-11-16(12-6-4-2)15(17)10-9-14-8-7-13-18-14/h7-10,13H,3-6,11-12H2,1-2H3. The predicted octanol–water partition coefficient (Wildman–Crippen LogP) is 3.72. The third-order valence-corrected chi connectivity index (χ3v) is 2.81. The summed E-state index contributed by atoms with van der Waals surface area (Å²) in [4.78, 5) is 14.0. The molecule has 0 aliphatic rings. The third kappa shape index (κ3) is 5.21. The molecule has 1 rings (SSSR count). The molecule has 0 N–H and O–H groups in total. The van der Waals surface area contributed by atoms with Crippen LogP contribution in [0.5, 0.6) is 0 Å². The number of hydrogen-bond donors (Lipinski definition) is 0. The second kappa shape index (κ2) is 8.56. The summed E-state index contributed by atoms with van der Waals surface area (Å²) in [6, 6.07) is 3.66. The van der Waals surface area contributed by atoms with Crippen LogP contribution < -0.4 is 0 Å². The molecular weight excluding hydrogens is 226 g/mol.